The Morgan fingerprint density at radius 1 is 1.31 bits per heavy atom. The third-order valence-corrected chi connectivity index (χ3v) is 2.73. The van der Waals surface area contributed by atoms with Crippen molar-refractivity contribution in [1.82, 2.24) is 10.2 Å². The Hall–Kier alpha value is -0.600. The molecule has 0 amide bonds. The van der Waals surface area contributed by atoms with Crippen LogP contribution in [0.25, 0.3) is 0 Å². The van der Waals surface area contributed by atoms with Crippen molar-refractivity contribution in [2.75, 3.05) is 27.2 Å². The molecule has 1 unspecified atom stereocenters. The fourth-order valence-electron chi connectivity index (χ4n) is 1.83. The number of nitrogens with one attached hydrogen (secondary N) is 1. The molecule has 0 aliphatic carbocycles. The van der Waals surface area contributed by atoms with Crippen molar-refractivity contribution in [3.63, 3.8) is 0 Å². The van der Waals surface area contributed by atoms with Gasteiger partial charge in [-0.15, -0.1) is 0 Å². The molecule has 2 nitrogen and oxygen atoms in total. The Bertz CT molecular complexity index is 241. The van der Waals surface area contributed by atoms with Crippen LogP contribution in [0.5, 0.6) is 0 Å². The zero-order valence-corrected chi connectivity index (χ0v) is 11.8. The van der Waals surface area contributed by atoms with Crippen LogP contribution in [-0.4, -0.2) is 38.1 Å². The van der Waals surface area contributed by atoms with E-state index >= 15 is 0 Å². The first kappa shape index (κ1) is 15.4. The van der Waals surface area contributed by atoms with Crippen molar-refractivity contribution >= 4 is 0 Å². The second-order valence-corrected chi connectivity index (χ2v) is 4.66. The van der Waals surface area contributed by atoms with Gasteiger partial charge in [0.2, 0.25) is 0 Å². The Labute approximate surface area is 101 Å². The van der Waals surface area contributed by atoms with Crippen LogP contribution in [0.3, 0.4) is 0 Å². The van der Waals surface area contributed by atoms with Crippen molar-refractivity contribution in [3.05, 3.63) is 23.3 Å². The lowest BCUT2D eigenvalue weighted by Crippen LogP contribution is -2.29. The molecule has 94 valence electrons. The van der Waals surface area contributed by atoms with E-state index in [1.54, 1.807) is 0 Å². The van der Waals surface area contributed by atoms with E-state index in [1.165, 1.54) is 11.1 Å². The van der Waals surface area contributed by atoms with E-state index < -0.39 is 0 Å². The van der Waals surface area contributed by atoms with Gasteiger partial charge in [-0.05, 0) is 41.3 Å². The van der Waals surface area contributed by atoms with Crippen molar-refractivity contribution in [3.8, 4) is 0 Å². The maximum absolute atomic E-state index is 3.17. The highest BCUT2D eigenvalue weighted by Gasteiger charge is 2.06. The number of hydrogen-bond donors (Lipinski definition) is 1. The van der Waals surface area contributed by atoms with Crippen LogP contribution in [0.1, 0.15) is 34.1 Å². The van der Waals surface area contributed by atoms with Gasteiger partial charge in [0.05, 0.1) is 0 Å². The number of likely N-dealkylation sites (N-methyl/N-ethyl adjacent to an activating group) is 2. The van der Waals surface area contributed by atoms with Gasteiger partial charge in [0.1, 0.15) is 0 Å². The molecule has 0 aliphatic heterocycles. The molecule has 0 radical (unpaired) electrons. The topological polar surface area (TPSA) is 15.3 Å². The fourth-order valence-corrected chi connectivity index (χ4v) is 1.83. The molecule has 1 N–H and O–H groups in total. The van der Waals surface area contributed by atoms with Crippen LogP contribution in [0.2, 0.25) is 0 Å². The summed E-state index contributed by atoms with van der Waals surface area (Å²) in [6.07, 6.45) is 5.76. The summed E-state index contributed by atoms with van der Waals surface area (Å²) in [7, 11) is 4.17. The van der Waals surface area contributed by atoms with E-state index in [-0.39, 0.29) is 0 Å². The van der Waals surface area contributed by atoms with Crippen LogP contribution < -0.4 is 5.32 Å². The van der Waals surface area contributed by atoms with E-state index in [9.17, 15) is 0 Å². The molecule has 1 atom stereocenters. The average molecular weight is 224 g/mol. The Morgan fingerprint density at radius 2 is 1.94 bits per heavy atom. The van der Waals surface area contributed by atoms with Crippen molar-refractivity contribution in [1.29, 1.82) is 0 Å². The largest absolute Gasteiger partial charge is 0.316 e. The van der Waals surface area contributed by atoms with Gasteiger partial charge in [0, 0.05) is 19.1 Å². The molecule has 0 aromatic rings. The molecule has 0 aromatic carbocycles. The molecule has 0 saturated carbocycles. The average Bonchev–Trinajstić information content (AvgIpc) is 2.17. The highest BCUT2D eigenvalue weighted by molar-refractivity contribution is 5.07. The van der Waals surface area contributed by atoms with Gasteiger partial charge in [-0.1, -0.05) is 30.2 Å². The Kier molecular flexibility index (Phi) is 8.22. The minimum absolute atomic E-state index is 0.494. The Balaban J connectivity index is 4.22. The highest BCUT2D eigenvalue weighted by atomic mass is 15.1. The van der Waals surface area contributed by atoms with Gasteiger partial charge >= 0.3 is 0 Å². The van der Waals surface area contributed by atoms with Crippen LogP contribution in [0.15, 0.2) is 23.3 Å². The standard InChI is InChI=1S/C14H28N2/c1-7-8-12(2)11-16(6)14(4)9-13(3)10-15-5/h8-9,14-15H,7,10-11H2,1-6H3/b12-8-,13-9+. The zero-order valence-electron chi connectivity index (χ0n) is 11.8. The number of allylic oxidation sites excluding steroid dienone is 1. The van der Waals surface area contributed by atoms with Gasteiger partial charge in [-0.2, -0.15) is 0 Å². The highest BCUT2D eigenvalue weighted by Crippen LogP contribution is 2.05. The molecule has 16 heavy (non-hydrogen) atoms. The minimum atomic E-state index is 0.494. The maximum atomic E-state index is 3.17. The molecular formula is C14H28N2. The van der Waals surface area contributed by atoms with E-state index in [0.29, 0.717) is 6.04 Å². The van der Waals surface area contributed by atoms with Gasteiger partial charge in [0.25, 0.3) is 0 Å². The van der Waals surface area contributed by atoms with Crippen LogP contribution in [-0.2, 0) is 0 Å². The summed E-state index contributed by atoms with van der Waals surface area (Å²) in [6.45, 7) is 10.8. The normalized spacial score (nSPS) is 15.7. The van der Waals surface area contributed by atoms with Gasteiger partial charge in [-0.25, -0.2) is 0 Å². The molecule has 0 aliphatic rings. The third kappa shape index (κ3) is 6.81. The number of hydrogen-bond acceptors (Lipinski definition) is 2. The summed E-state index contributed by atoms with van der Waals surface area (Å²) < 4.78 is 0. The smallest absolute Gasteiger partial charge is 0.0253 e. The zero-order chi connectivity index (χ0) is 12.6. The molecule has 0 spiro atoms. The minimum Gasteiger partial charge on any atom is -0.316 e. The summed E-state index contributed by atoms with van der Waals surface area (Å²) in [6, 6.07) is 0.494. The molecule has 0 fully saturated rings. The van der Waals surface area contributed by atoms with Crippen molar-refractivity contribution < 1.29 is 0 Å². The molecule has 0 saturated heterocycles. The summed E-state index contributed by atoms with van der Waals surface area (Å²) in [5.74, 6) is 0. The quantitative estimate of drug-likeness (QED) is 0.669. The van der Waals surface area contributed by atoms with E-state index in [4.69, 9.17) is 0 Å². The SMILES string of the molecule is CC/C=C(/C)CN(C)C(C)/C=C(\C)CNC. The lowest BCUT2D eigenvalue weighted by Gasteiger charge is -2.23. The molecule has 0 aromatic heterocycles. The second kappa shape index (κ2) is 8.54. The first-order valence-electron chi connectivity index (χ1n) is 6.19. The predicted molar refractivity (Wildman–Crippen MR) is 73.8 cm³/mol. The van der Waals surface area contributed by atoms with Gasteiger partial charge in [-0.3, -0.25) is 4.90 Å². The molecule has 0 bridgehead atoms. The van der Waals surface area contributed by atoms with E-state index in [1.807, 2.05) is 7.05 Å². The summed E-state index contributed by atoms with van der Waals surface area (Å²) in [5, 5.41) is 3.17. The fraction of sp³-hybridized carbons (Fsp3) is 0.714. The van der Waals surface area contributed by atoms with Crippen molar-refractivity contribution in [2.45, 2.75) is 40.2 Å². The monoisotopic (exact) mass is 224 g/mol. The van der Waals surface area contributed by atoms with E-state index in [0.717, 1.165) is 19.5 Å². The number of rotatable bonds is 7. The number of nitrogens with zero attached hydrogens (tertiary/aromatic N) is 1. The van der Waals surface area contributed by atoms with Crippen LogP contribution in [0.4, 0.5) is 0 Å². The first-order chi connectivity index (χ1) is 7.51. The van der Waals surface area contributed by atoms with Crippen molar-refractivity contribution in [2.24, 2.45) is 0 Å². The first-order valence-corrected chi connectivity index (χ1v) is 6.19. The summed E-state index contributed by atoms with van der Waals surface area (Å²) in [4.78, 5) is 2.38. The third-order valence-electron chi connectivity index (χ3n) is 2.73. The second-order valence-electron chi connectivity index (χ2n) is 4.66. The molecule has 0 rings (SSSR count). The molecule has 2 heteroatoms. The van der Waals surface area contributed by atoms with E-state index in [2.05, 4.69) is 57.1 Å². The molecule has 0 heterocycles. The lowest BCUT2D eigenvalue weighted by molar-refractivity contribution is 0.320. The molecular weight excluding hydrogens is 196 g/mol. The maximum Gasteiger partial charge on any atom is 0.0253 e. The summed E-state index contributed by atoms with van der Waals surface area (Å²) in [5.41, 5.74) is 2.86. The van der Waals surface area contributed by atoms with Crippen LogP contribution >= 0.6 is 0 Å². The summed E-state index contributed by atoms with van der Waals surface area (Å²) >= 11 is 0. The van der Waals surface area contributed by atoms with Gasteiger partial charge in [0.15, 0.2) is 0 Å². The van der Waals surface area contributed by atoms with Gasteiger partial charge < -0.3 is 5.32 Å². The van der Waals surface area contributed by atoms with Crippen LogP contribution in [0, 0.1) is 0 Å². The lowest BCUT2D eigenvalue weighted by atomic mass is 10.1. The Morgan fingerprint density at radius 3 is 2.44 bits per heavy atom. The predicted octanol–water partition coefficient (Wildman–Crippen LogP) is 2.83.